The second-order valence-electron chi connectivity index (χ2n) is 6.20. The highest BCUT2D eigenvalue weighted by molar-refractivity contribution is 5.90. The summed E-state index contributed by atoms with van der Waals surface area (Å²) >= 11 is 0. The van der Waals surface area contributed by atoms with Crippen LogP contribution in [0.3, 0.4) is 0 Å². The Labute approximate surface area is 155 Å². The van der Waals surface area contributed by atoms with E-state index in [0.717, 1.165) is 12.8 Å². The minimum absolute atomic E-state index is 0.388. The third-order valence-corrected chi connectivity index (χ3v) is 4.10. The molecule has 0 fully saturated rings. The summed E-state index contributed by atoms with van der Waals surface area (Å²) in [4.78, 5) is 24.9. The summed E-state index contributed by atoms with van der Waals surface area (Å²) in [7, 11) is 0. The van der Waals surface area contributed by atoms with E-state index in [1.807, 2.05) is 26.0 Å². The summed E-state index contributed by atoms with van der Waals surface area (Å²) in [5, 5.41) is 0. The van der Waals surface area contributed by atoms with E-state index in [2.05, 4.69) is 0 Å². The van der Waals surface area contributed by atoms with E-state index in [1.54, 1.807) is 48.5 Å². The van der Waals surface area contributed by atoms with Gasteiger partial charge in [-0.2, -0.15) is 0 Å². The zero-order valence-corrected chi connectivity index (χ0v) is 15.4. The predicted molar refractivity (Wildman–Crippen MR) is 101 cm³/mol. The molecule has 0 radical (unpaired) electrons. The van der Waals surface area contributed by atoms with Gasteiger partial charge in [0.1, 0.15) is 12.2 Å². The van der Waals surface area contributed by atoms with E-state index < -0.39 is 12.2 Å². The molecule has 0 aliphatic rings. The number of rotatable bonds is 9. The van der Waals surface area contributed by atoms with Crippen LogP contribution in [0.15, 0.2) is 60.7 Å². The standard InChI is InChI=1S/C22H26O4/c1-3-11-19(25-21(23)17-13-7-5-8-14-17)20(12-4-2)26-22(24)18-15-9-6-10-16-18/h5-10,13-16,19-20H,3-4,11-12H2,1-2H3. The quantitative estimate of drug-likeness (QED) is 0.592. The maximum atomic E-state index is 12.4. The van der Waals surface area contributed by atoms with Crippen molar-refractivity contribution in [3.05, 3.63) is 71.8 Å². The molecule has 138 valence electrons. The Morgan fingerprint density at radius 3 is 1.35 bits per heavy atom. The Hall–Kier alpha value is -2.62. The first-order chi connectivity index (χ1) is 12.7. The number of hydrogen-bond acceptors (Lipinski definition) is 4. The van der Waals surface area contributed by atoms with Crippen molar-refractivity contribution >= 4 is 11.9 Å². The number of carbonyl (C=O) groups is 2. The van der Waals surface area contributed by atoms with Crippen LogP contribution in [0.5, 0.6) is 0 Å². The molecule has 2 aromatic carbocycles. The average Bonchev–Trinajstić information content (AvgIpc) is 2.68. The molecule has 2 aromatic rings. The number of benzene rings is 2. The molecule has 2 rings (SSSR count). The number of ether oxygens (including phenoxy) is 2. The molecule has 0 aromatic heterocycles. The molecule has 0 saturated carbocycles. The summed E-state index contributed by atoms with van der Waals surface area (Å²) in [6.45, 7) is 4.04. The third-order valence-electron chi connectivity index (χ3n) is 4.10. The molecule has 0 saturated heterocycles. The van der Waals surface area contributed by atoms with Gasteiger partial charge in [0.2, 0.25) is 0 Å². The largest absolute Gasteiger partial charge is 0.455 e. The van der Waals surface area contributed by atoms with Gasteiger partial charge in [0.25, 0.3) is 0 Å². The zero-order chi connectivity index (χ0) is 18.8. The molecule has 26 heavy (non-hydrogen) atoms. The molecule has 0 spiro atoms. The van der Waals surface area contributed by atoms with Crippen molar-refractivity contribution in [2.45, 2.75) is 51.7 Å². The molecule has 4 heteroatoms. The molecule has 0 aliphatic heterocycles. The Kier molecular flexibility index (Phi) is 7.87. The highest BCUT2D eigenvalue weighted by Gasteiger charge is 2.28. The van der Waals surface area contributed by atoms with Crippen molar-refractivity contribution in [1.29, 1.82) is 0 Å². The van der Waals surface area contributed by atoms with Crippen LogP contribution in [0, 0.1) is 0 Å². The normalized spacial score (nSPS) is 12.8. The minimum atomic E-state index is -0.458. The first kappa shape index (κ1) is 19.7. The molecule has 0 amide bonds. The highest BCUT2D eigenvalue weighted by atomic mass is 16.6. The molecule has 0 aliphatic carbocycles. The van der Waals surface area contributed by atoms with Crippen LogP contribution in [-0.2, 0) is 9.47 Å². The lowest BCUT2D eigenvalue weighted by Crippen LogP contribution is -2.35. The van der Waals surface area contributed by atoms with E-state index in [0.29, 0.717) is 24.0 Å². The van der Waals surface area contributed by atoms with Gasteiger partial charge >= 0.3 is 11.9 Å². The fourth-order valence-electron chi connectivity index (χ4n) is 2.77. The summed E-state index contributed by atoms with van der Waals surface area (Å²) in [5.74, 6) is -0.776. The maximum absolute atomic E-state index is 12.4. The van der Waals surface area contributed by atoms with Crippen molar-refractivity contribution in [2.75, 3.05) is 0 Å². The second kappa shape index (κ2) is 10.4. The second-order valence-corrected chi connectivity index (χ2v) is 6.20. The van der Waals surface area contributed by atoms with Crippen LogP contribution in [0.4, 0.5) is 0 Å². The SMILES string of the molecule is CCCC(OC(=O)c1ccccc1)C(CCC)OC(=O)c1ccccc1. The van der Waals surface area contributed by atoms with E-state index in [1.165, 1.54) is 0 Å². The van der Waals surface area contributed by atoms with Crippen LogP contribution >= 0.6 is 0 Å². The van der Waals surface area contributed by atoms with E-state index in [9.17, 15) is 9.59 Å². The Bertz CT molecular complexity index is 620. The summed E-state index contributed by atoms with van der Waals surface area (Å²) in [6.07, 6.45) is 2.03. The zero-order valence-electron chi connectivity index (χ0n) is 15.4. The Morgan fingerprint density at radius 2 is 1.04 bits per heavy atom. The molecule has 2 atom stereocenters. The van der Waals surface area contributed by atoms with Gasteiger partial charge in [0.15, 0.2) is 0 Å². The van der Waals surface area contributed by atoms with Crippen LogP contribution in [-0.4, -0.2) is 24.1 Å². The van der Waals surface area contributed by atoms with Crippen LogP contribution in [0.2, 0.25) is 0 Å². The van der Waals surface area contributed by atoms with Gasteiger partial charge in [-0.3, -0.25) is 0 Å². The summed E-state index contributed by atoms with van der Waals surface area (Å²) in [6, 6.07) is 17.8. The lowest BCUT2D eigenvalue weighted by Gasteiger charge is -2.26. The van der Waals surface area contributed by atoms with E-state index in [-0.39, 0.29) is 11.9 Å². The van der Waals surface area contributed by atoms with Gasteiger partial charge in [-0.25, -0.2) is 9.59 Å². The van der Waals surface area contributed by atoms with Gasteiger partial charge < -0.3 is 9.47 Å². The van der Waals surface area contributed by atoms with Crippen molar-refractivity contribution in [3.8, 4) is 0 Å². The van der Waals surface area contributed by atoms with Gasteiger partial charge in [-0.1, -0.05) is 63.1 Å². The minimum Gasteiger partial charge on any atom is -0.455 e. The average molecular weight is 354 g/mol. The van der Waals surface area contributed by atoms with Crippen molar-refractivity contribution in [2.24, 2.45) is 0 Å². The first-order valence-electron chi connectivity index (χ1n) is 9.17. The van der Waals surface area contributed by atoms with Gasteiger partial charge in [-0.05, 0) is 37.1 Å². The van der Waals surface area contributed by atoms with E-state index >= 15 is 0 Å². The fourth-order valence-corrected chi connectivity index (χ4v) is 2.77. The Morgan fingerprint density at radius 1 is 0.692 bits per heavy atom. The molecule has 2 unspecified atom stereocenters. The molecule has 4 nitrogen and oxygen atoms in total. The van der Waals surface area contributed by atoms with Crippen LogP contribution < -0.4 is 0 Å². The summed E-state index contributed by atoms with van der Waals surface area (Å²) in [5.41, 5.74) is 0.997. The Balaban J connectivity index is 2.11. The highest BCUT2D eigenvalue weighted by Crippen LogP contribution is 2.19. The van der Waals surface area contributed by atoms with Crippen molar-refractivity contribution in [3.63, 3.8) is 0 Å². The third kappa shape index (κ3) is 5.73. The van der Waals surface area contributed by atoms with Gasteiger partial charge in [-0.15, -0.1) is 0 Å². The van der Waals surface area contributed by atoms with E-state index in [4.69, 9.17) is 9.47 Å². The number of carbonyl (C=O) groups excluding carboxylic acids is 2. The van der Waals surface area contributed by atoms with Crippen molar-refractivity contribution in [1.82, 2.24) is 0 Å². The van der Waals surface area contributed by atoms with Crippen LogP contribution in [0.1, 0.15) is 60.2 Å². The summed E-state index contributed by atoms with van der Waals surface area (Å²) < 4.78 is 11.4. The molecular formula is C22H26O4. The number of esters is 2. The monoisotopic (exact) mass is 354 g/mol. The van der Waals surface area contributed by atoms with Gasteiger partial charge in [0.05, 0.1) is 11.1 Å². The molecule has 0 N–H and O–H groups in total. The van der Waals surface area contributed by atoms with Gasteiger partial charge in [0, 0.05) is 0 Å². The number of hydrogen-bond donors (Lipinski definition) is 0. The molecule has 0 bridgehead atoms. The smallest absolute Gasteiger partial charge is 0.338 e. The lowest BCUT2D eigenvalue weighted by molar-refractivity contribution is -0.0414. The topological polar surface area (TPSA) is 52.6 Å². The first-order valence-corrected chi connectivity index (χ1v) is 9.17. The fraction of sp³-hybridized carbons (Fsp3) is 0.364. The molecule has 0 heterocycles. The van der Waals surface area contributed by atoms with Crippen LogP contribution in [0.25, 0.3) is 0 Å². The van der Waals surface area contributed by atoms with Crippen molar-refractivity contribution < 1.29 is 19.1 Å². The molecular weight excluding hydrogens is 328 g/mol. The predicted octanol–water partition coefficient (Wildman–Crippen LogP) is 5.04. The lowest BCUT2D eigenvalue weighted by atomic mass is 10.0. The maximum Gasteiger partial charge on any atom is 0.338 e.